The molecule has 0 saturated heterocycles. The summed E-state index contributed by atoms with van der Waals surface area (Å²) in [5.41, 5.74) is -0.384. The Labute approximate surface area is 156 Å². The van der Waals surface area contributed by atoms with Crippen LogP contribution in [0.5, 0.6) is 0 Å². The summed E-state index contributed by atoms with van der Waals surface area (Å²) in [4.78, 5) is 15.7. The summed E-state index contributed by atoms with van der Waals surface area (Å²) in [6.45, 7) is 0.0431. The maximum atomic E-state index is 12.9. The predicted octanol–water partition coefficient (Wildman–Crippen LogP) is 3.09. The molecule has 1 aliphatic rings. The standard InChI is InChI=1S/C15H14F3N3O4S2/c1-25-14(22)20-13-19-11-5-6-21(8-12(11)26-13)27(23,24)10-4-2-3-9(7-10)15(16,17)18/h2-4,7H,5-6,8H2,1H3,(H,19,20,22). The molecule has 0 fully saturated rings. The van der Waals surface area contributed by atoms with Crippen LogP contribution >= 0.6 is 11.3 Å². The fourth-order valence-corrected chi connectivity index (χ4v) is 5.10. The number of halogens is 3. The summed E-state index contributed by atoms with van der Waals surface area (Å²) in [7, 11) is -2.91. The number of ether oxygens (including phenoxy) is 1. The van der Waals surface area contributed by atoms with Gasteiger partial charge < -0.3 is 4.74 Å². The number of aromatic nitrogens is 1. The Morgan fingerprint density at radius 1 is 1.37 bits per heavy atom. The number of fused-ring (bicyclic) bond motifs is 1. The molecule has 1 aromatic carbocycles. The largest absolute Gasteiger partial charge is 0.453 e. The van der Waals surface area contributed by atoms with Crippen molar-refractivity contribution in [2.75, 3.05) is 19.0 Å². The maximum Gasteiger partial charge on any atom is 0.416 e. The predicted molar refractivity (Wildman–Crippen MR) is 90.9 cm³/mol. The molecule has 146 valence electrons. The number of alkyl halides is 3. The number of amides is 1. The number of nitrogens with zero attached hydrogens (tertiary/aromatic N) is 2. The lowest BCUT2D eigenvalue weighted by atomic mass is 10.2. The second-order valence-electron chi connectivity index (χ2n) is 5.62. The number of carbonyl (C=O) groups is 1. The Hall–Kier alpha value is -2.18. The van der Waals surface area contributed by atoms with E-state index in [1.165, 1.54) is 7.11 Å². The third-order valence-electron chi connectivity index (χ3n) is 3.89. The van der Waals surface area contributed by atoms with E-state index in [-0.39, 0.29) is 24.6 Å². The Balaban J connectivity index is 1.85. The number of carbonyl (C=O) groups excluding carboxylic acids is 1. The van der Waals surface area contributed by atoms with Crippen LogP contribution < -0.4 is 5.32 Å². The van der Waals surface area contributed by atoms with Gasteiger partial charge in [0.2, 0.25) is 10.0 Å². The normalized spacial score (nSPS) is 15.3. The van der Waals surface area contributed by atoms with E-state index in [4.69, 9.17) is 0 Å². The summed E-state index contributed by atoms with van der Waals surface area (Å²) in [6.07, 6.45) is -5.05. The molecule has 0 atom stereocenters. The van der Waals surface area contributed by atoms with Crippen LogP contribution in [-0.2, 0) is 33.9 Å². The number of anilines is 1. The molecule has 1 aliphatic heterocycles. The van der Waals surface area contributed by atoms with Crippen molar-refractivity contribution in [3.63, 3.8) is 0 Å². The molecule has 2 heterocycles. The van der Waals surface area contributed by atoms with Crippen LogP contribution in [0.3, 0.4) is 0 Å². The summed E-state index contributed by atoms with van der Waals surface area (Å²) in [5.74, 6) is 0. The first-order valence-corrected chi connectivity index (χ1v) is 9.88. The first kappa shape index (κ1) is 19.6. The maximum absolute atomic E-state index is 12.9. The molecule has 1 amide bonds. The van der Waals surface area contributed by atoms with Gasteiger partial charge >= 0.3 is 12.3 Å². The van der Waals surface area contributed by atoms with Gasteiger partial charge in [0.1, 0.15) is 0 Å². The molecule has 27 heavy (non-hydrogen) atoms. The molecular formula is C15H14F3N3O4S2. The average Bonchev–Trinajstić information content (AvgIpc) is 3.02. The van der Waals surface area contributed by atoms with Gasteiger partial charge in [-0.2, -0.15) is 17.5 Å². The molecule has 0 bridgehead atoms. The van der Waals surface area contributed by atoms with Crippen LogP contribution in [0.4, 0.5) is 23.1 Å². The number of thiazole rings is 1. The number of hydrogen-bond acceptors (Lipinski definition) is 6. The quantitative estimate of drug-likeness (QED) is 0.823. The lowest BCUT2D eigenvalue weighted by molar-refractivity contribution is -0.137. The van der Waals surface area contributed by atoms with Gasteiger partial charge in [-0.25, -0.2) is 18.2 Å². The highest BCUT2D eigenvalue weighted by Gasteiger charge is 2.34. The van der Waals surface area contributed by atoms with E-state index >= 15 is 0 Å². The van der Waals surface area contributed by atoms with Crippen LogP contribution in [0.2, 0.25) is 0 Å². The Morgan fingerprint density at radius 2 is 2.11 bits per heavy atom. The van der Waals surface area contributed by atoms with Gasteiger partial charge in [-0.1, -0.05) is 17.4 Å². The third-order valence-corrected chi connectivity index (χ3v) is 6.73. The van der Waals surface area contributed by atoms with E-state index in [0.29, 0.717) is 16.6 Å². The van der Waals surface area contributed by atoms with E-state index in [9.17, 15) is 26.4 Å². The van der Waals surface area contributed by atoms with Gasteiger partial charge in [-0.3, -0.25) is 5.32 Å². The molecule has 7 nitrogen and oxygen atoms in total. The minimum absolute atomic E-state index is 0.0333. The van der Waals surface area contributed by atoms with Gasteiger partial charge in [0.25, 0.3) is 0 Å². The summed E-state index contributed by atoms with van der Waals surface area (Å²) in [5, 5.41) is 2.68. The molecule has 0 aliphatic carbocycles. The van der Waals surface area contributed by atoms with Crippen LogP contribution in [0.15, 0.2) is 29.2 Å². The second-order valence-corrected chi connectivity index (χ2v) is 8.64. The number of methoxy groups -OCH3 is 1. The molecule has 0 spiro atoms. The van der Waals surface area contributed by atoms with Crippen molar-refractivity contribution in [2.24, 2.45) is 0 Å². The number of nitrogens with one attached hydrogen (secondary N) is 1. The zero-order chi connectivity index (χ0) is 19.8. The van der Waals surface area contributed by atoms with Crippen LogP contribution in [0.25, 0.3) is 0 Å². The molecule has 0 radical (unpaired) electrons. The van der Waals surface area contributed by atoms with Gasteiger partial charge in [0.05, 0.1) is 29.8 Å². The van der Waals surface area contributed by atoms with Crippen molar-refractivity contribution in [3.8, 4) is 0 Å². The first-order valence-electron chi connectivity index (χ1n) is 7.62. The molecule has 0 unspecified atom stereocenters. The molecule has 1 aromatic heterocycles. The van der Waals surface area contributed by atoms with E-state index in [0.717, 1.165) is 33.8 Å². The topological polar surface area (TPSA) is 88.6 Å². The average molecular weight is 421 g/mol. The Morgan fingerprint density at radius 3 is 2.78 bits per heavy atom. The Bertz CT molecular complexity index is 973. The van der Waals surface area contributed by atoms with E-state index < -0.39 is 32.8 Å². The third kappa shape index (κ3) is 4.06. The summed E-state index contributed by atoms with van der Waals surface area (Å²) in [6, 6.07) is 3.65. The smallest absolute Gasteiger partial charge is 0.416 e. The fourth-order valence-electron chi connectivity index (χ4n) is 2.55. The minimum atomic E-state index is -4.63. The summed E-state index contributed by atoms with van der Waals surface area (Å²) < 4.78 is 69.7. The van der Waals surface area contributed by atoms with E-state index in [1.54, 1.807) is 0 Å². The van der Waals surface area contributed by atoms with Crippen LogP contribution in [-0.4, -0.2) is 37.5 Å². The van der Waals surface area contributed by atoms with Crippen molar-refractivity contribution in [2.45, 2.75) is 24.0 Å². The molecule has 1 N–H and O–H groups in total. The van der Waals surface area contributed by atoms with Gasteiger partial charge in [0.15, 0.2) is 5.13 Å². The monoisotopic (exact) mass is 421 g/mol. The lowest BCUT2D eigenvalue weighted by Crippen LogP contribution is -2.35. The van der Waals surface area contributed by atoms with E-state index in [1.807, 2.05) is 0 Å². The number of benzene rings is 1. The van der Waals surface area contributed by atoms with E-state index in [2.05, 4.69) is 15.0 Å². The van der Waals surface area contributed by atoms with Crippen molar-refractivity contribution in [3.05, 3.63) is 40.4 Å². The zero-order valence-corrected chi connectivity index (χ0v) is 15.5. The number of hydrogen-bond donors (Lipinski definition) is 1. The Kier molecular flexibility index (Phi) is 5.14. The van der Waals surface area contributed by atoms with Gasteiger partial charge in [-0.15, -0.1) is 0 Å². The van der Waals surface area contributed by atoms with Crippen molar-refractivity contribution >= 4 is 32.6 Å². The molecule has 3 rings (SSSR count). The van der Waals surface area contributed by atoms with Crippen molar-refractivity contribution in [1.82, 2.24) is 9.29 Å². The summed E-state index contributed by atoms with van der Waals surface area (Å²) >= 11 is 1.09. The fraction of sp³-hybridized carbons (Fsp3) is 0.333. The molecule has 2 aromatic rings. The SMILES string of the molecule is COC(=O)Nc1nc2c(s1)CN(S(=O)(=O)c1cccc(C(F)(F)F)c1)CC2. The van der Waals surface area contributed by atoms with Crippen LogP contribution in [0, 0.1) is 0 Å². The number of sulfonamides is 1. The van der Waals surface area contributed by atoms with Crippen molar-refractivity contribution in [1.29, 1.82) is 0 Å². The molecule has 0 saturated carbocycles. The number of rotatable bonds is 3. The highest BCUT2D eigenvalue weighted by atomic mass is 32.2. The molecular weight excluding hydrogens is 407 g/mol. The first-order chi connectivity index (χ1) is 12.6. The van der Waals surface area contributed by atoms with Crippen LogP contribution in [0.1, 0.15) is 16.1 Å². The highest BCUT2D eigenvalue weighted by Crippen LogP contribution is 2.34. The van der Waals surface area contributed by atoms with Gasteiger partial charge in [-0.05, 0) is 18.2 Å². The highest BCUT2D eigenvalue weighted by molar-refractivity contribution is 7.89. The lowest BCUT2D eigenvalue weighted by Gasteiger charge is -2.25. The molecule has 12 heteroatoms. The minimum Gasteiger partial charge on any atom is -0.453 e. The second kappa shape index (κ2) is 7.09. The van der Waals surface area contributed by atoms with Crippen molar-refractivity contribution < 1.29 is 31.1 Å². The van der Waals surface area contributed by atoms with Gasteiger partial charge in [0, 0.05) is 17.8 Å². The zero-order valence-electron chi connectivity index (χ0n) is 13.9.